The van der Waals surface area contributed by atoms with Gasteiger partial charge in [-0.1, -0.05) is 64.8 Å². The van der Waals surface area contributed by atoms with Crippen LogP contribution in [0.1, 0.15) is 62.3 Å². The Bertz CT molecular complexity index is 361. The van der Waals surface area contributed by atoms with Crippen molar-refractivity contribution < 1.29 is 0 Å². The Morgan fingerprint density at radius 1 is 0.941 bits per heavy atom. The molecule has 0 heteroatoms. The Morgan fingerprint density at radius 3 is 2.12 bits per heavy atom. The molecule has 0 bridgehead atoms. The normalized spacial score (nSPS) is 10.5. The molecule has 0 aliphatic heterocycles. The molecular formula is C17H26. The maximum Gasteiger partial charge on any atom is -0.0225 e. The lowest BCUT2D eigenvalue weighted by molar-refractivity contribution is 0.848. The Labute approximate surface area is 107 Å². The van der Waals surface area contributed by atoms with Gasteiger partial charge in [0.15, 0.2) is 0 Å². The Morgan fingerprint density at radius 2 is 1.59 bits per heavy atom. The van der Waals surface area contributed by atoms with Crippen LogP contribution in [-0.4, -0.2) is 0 Å². The molecule has 0 N–H and O–H groups in total. The van der Waals surface area contributed by atoms with Crippen LogP contribution in [0, 0.1) is 0 Å². The van der Waals surface area contributed by atoms with Crippen molar-refractivity contribution in [2.45, 2.75) is 59.3 Å². The van der Waals surface area contributed by atoms with Gasteiger partial charge in [-0.3, -0.25) is 0 Å². The van der Waals surface area contributed by atoms with Gasteiger partial charge in [-0.05, 0) is 41.5 Å². The molecule has 1 rings (SSSR count). The van der Waals surface area contributed by atoms with E-state index in [0.717, 1.165) is 0 Å². The first-order valence-electron chi connectivity index (χ1n) is 7.03. The summed E-state index contributed by atoms with van der Waals surface area (Å²) in [6.45, 7) is 10.7. The van der Waals surface area contributed by atoms with Crippen LogP contribution in [0.2, 0.25) is 0 Å². The zero-order chi connectivity index (χ0) is 12.7. The van der Waals surface area contributed by atoms with Gasteiger partial charge >= 0.3 is 0 Å². The van der Waals surface area contributed by atoms with Gasteiger partial charge in [0.1, 0.15) is 0 Å². The molecule has 0 aromatic heterocycles. The lowest BCUT2D eigenvalue weighted by atomic mass is 9.91. The molecule has 0 saturated carbocycles. The predicted octanol–water partition coefficient (Wildman–Crippen LogP) is 5.19. The Balaban J connectivity index is 3.18. The van der Waals surface area contributed by atoms with Gasteiger partial charge in [0.2, 0.25) is 0 Å². The van der Waals surface area contributed by atoms with E-state index in [4.69, 9.17) is 0 Å². The van der Waals surface area contributed by atoms with Crippen LogP contribution in [0.25, 0.3) is 6.08 Å². The fourth-order valence-corrected chi connectivity index (χ4v) is 2.49. The molecule has 0 fully saturated rings. The first kappa shape index (κ1) is 14.0. The first-order chi connectivity index (χ1) is 8.26. The summed E-state index contributed by atoms with van der Waals surface area (Å²) in [5.41, 5.74) is 5.92. The highest BCUT2D eigenvalue weighted by molar-refractivity contribution is 5.56. The Kier molecular flexibility index (Phi) is 6.04. The summed E-state index contributed by atoms with van der Waals surface area (Å²) in [5.74, 6) is 0. The maximum absolute atomic E-state index is 3.98. The third-order valence-corrected chi connectivity index (χ3v) is 3.21. The van der Waals surface area contributed by atoms with Crippen LogP contribution in [0.3, 0.4) is 0 Å². The highest BCUT2D eigenvalue weighted by atomic mass is 14.1. The third-order valence-electron chi connectivity index (χ3n) is 3.21. The summed E-state index contributed by atoms with van der Waals surface area (Å²) in [5, 5.41) is 0. The number of rotatable bonds is 7. The molecule has 0 unspecified atom stereocenters. The lowest BCUT2D eigenvalue weighted by Gasteiger charge is -2.14. The molecule has 0 aliphatic rings. The fourth-order valence-electron chi connectivity index (χ4n) is 2.49. The quantitative estimate of drug-likeness (QED) is 0.605. The maximum atomic E-state index is 3.98. The largest absolute Gasteiger partial charge is 0.0985 e. The number of hydrogen-bond acceptors (Lipinski definition) is 0. The fraction of sp³-hybridized carbons (Fsp3) is 0.529. The van der Waals surface area contributed by atoms with Crippen LogP contribution in [-0.2, 0) is 19.3 Å². The summed E-state index contributed by atoms with van der Waals surface area (Å²) >= 11 is 0. The van der Waals surface area contributed by atoms with Crippen LogP contribution in [0.5, 0.6) is 0 Å². The smallest absolute Gasteiger partial charge is 0.0225 e. The molecular weight excluding hydrogens is 204 g/mol. The molecule has 0 aliphatic carbocycles. The summed E-state index contributed by atoms with van der Waals surface area (Å²) in [6, 6.07) is 4.76. The molecule has 1 aromatic carbocycles. The Hall–Kier alpha value is -1.04. The average Bonchev–Trinajstić information content (AvgIpc) is 2.33. The van der Waals surface area contributed by atoms with Crippen LogP contribution in [0.4, 0.5) is 0 Å². The monoisotopic (exact) mass is 230 g/mol. The molecule has 0 spiro atoms. The molecule has 0 saturated heterocycles. The van der Waals surface area contributed by atoms with Gasteiger partial charge in [-0.15, -0.1) is 0 Å². The topological polar surface area (TPSA) is 0 Å². The second-order valence-electron chi connectivity index (χ2n) is 4.78. The van der Waals surface area contributed by atoms with E-state index in [0.29, 0.717) is 0 Å². The van der Waals surface area contributed by atoms with Crippen molar-refractivity contribution in [3.8, 4) is 0 Å². The predicted molar refractivity (Wildman–Crippen MR) is 78.5 cm³/mol. The summed E-state index contributed by atoms with van der Waals surface area (Å²) in [7, 11) is 0. The molecule has 0 heterocycles. The van der Waals surface area contributed by atoms with Gasteiger partial charge in [-0.25, -0.2) is 0 Å². The minimum absolute atomic E-state index is 1.18. The molecule has 1 aromatic rings. The van der Waals surface area contributed by atoms with Crippen LogP contribution in [0.15, 0.2) is 18.7 Å². The molecule has 0 atom stereocenters. The van der Waals surface area contributed by atoms with Gasteiger partial charge < -0.3 is 0 Å². The van der Waals surface area contributed by atoms with E-state index in [2.05, 4.69) is 39.5 Å². The highest BCUT2D eigenvalue weighted by Gasteiger charge is 2.07. The first-order valence-corrected chi connectivity index (χ1v) is 7.03. The van der Waals surface area contributed by atoms with E-state index >= 15 is 0 Å². The average molecular weight is 230 g/mol. The van der Waals surface area contributed by atoms with E-state index in [1.807, 2.05) is 6.08 Å². The second kappa shape index (κ2) is 7.32. The number of aryl methyl sites for hydroxylation is 2. The molecule has 0 radical (unpaired) electrons. The molecule has 0 nitrogen and oxygen atoms in total. The number of benzene rings is 1. The summed E-state index contributed by atoms with van der Waals surface area (Å²) in [4.78, 5) is 0. The highest BCUT2D eigenvalue weighted by Crippen LogP contribution is 2.23. The molecule has 94 valence electrons. The van der Waals surface area contributed by atoms with Crippen molar-refractivity contribution in [1.29, 1.82) is 0 Å². The van der Waals surface area contributed by atoms with E-state index in [1.165, 1.54) is 55.2 Å². The van der Waals surface area contributed by atoms with E-state index < -0.39 is 0 Å². The zero-order valence-corrected chi connectivity index (χ0v) is 11.7. The summed E-state index contributed by atoms with van der Waals surface area (Å²) in [6.07, 6.45) is 9.26. The molecule has 17 heavy (non-hydrogen) atoms. The number of hydrogen-bond donors (Lipinski definition) is 0. The van der Waals surface area contributed by atoms with E-state index in [1.54, 1.807) is 5.56 Å². The van der Waals surface area contributed by atoms with Gasteiger partial charge in [-0.2, -0.15) is 0 Å². The van der Waals surface area contributed by atoms with Crippen LogP contribution < -0.4 is 0 Å². The molecule has 0 amide bonds. The van der Waals surface area contributed by atoms with Crippen molar-refractivity contribution >= 4 is 6.08 Å². The zero-order valence-electron chi connectivity index (χ0n) is 11.7. The summed E-state index contributed by atoms with van der Waals surface area (Å²) < 4.78 is 0. The minimum Gasteiger partial charge on any atom is -0.0985 e. The standard InChI is InChI=1S/C17H26/c1-5-9-14-12-15(8-4)17(11-7-3)16(13-14)10-6-2/h8,12-13H,4-7,9-11H2,1-3H3. The van der Waals surface area contributed by atoms with Gasteiger partial charge in [0.25, 0.3) is 0 Å². The van der Waals surface area contributed by atoms with Crippen molar-refractivity contribution in [2.24, 2.45) is 0 Å². The van der Waals surface area contributed by atoms with Crippen LogP contribution >= 0.6 is 0 Å². The van der Waals surface area contributed by atoms with Crippen molar-refractivity contribution in [3.63, 3.8) is 0 Å². The van der Waals surface area contributed by atoms with E-state index in [9.17, 15) is 0 Å². The van der Waals surface area contributed by atoms with Crippen molar-refractivity contribution in [3.05, 3.63) is 41.0 Å². The van der Waals surface area contributed by atoms with E-state index in [-0.39, 0.29) is 0 Å². The third kappa shape index (κ3) is 3.73. The van der Waals surface area contributed by atoms with Gasteiger partial charge in [0.05, 0.1) is 0 Å². The minimum atomic E-state index is 1.18. The van der Waals surface area contributed by atoms with Gasteiger partial charge in [0, 0.05) is 0 Å². The SMILES string of the molecule is C=Cc1cc(CCC)cc(CCC)c1CCC. The second-order valence-corrected chi connectivity index (χ2v) is 4.78. The van der Waals surface area contributed by atoms with Crippen molar-refractivity contribution in [2.75, 3.05) is 0 Å². The van der Waals surface area contributed by atoms with Crippen molar-refractivity contribution in [1.82, 2.24) is 0 Å². The lowest BCUT2D eigenvalue weighted by Crippen LogP contribution is -2.00.